The maximum atomic E-state index is 6.41. The van der Waals surface area contributed by atoms with Crippen molar-refractivity contribution < 1.29 is 4.42 Å². The molecule has 1 aromatic heterocycles. The summed E-state index contributed by atoms with van der Waals surface area (Å²) < 4.78 is 6.41. The maximum Gasteiger partial charge on any atom is 0.143 e. The number of allylic oxidation sites excluding steroid dienone is 4. The number of benzene rings is 8. The SMILES string of the molecule is C1=CC(c2cccc(-c3ccc(N(c4ccc(-c5cccc(-c6ccccc6)c5)cc4)c4ccc(-c5cccc6c5oc5ccccc56)cc4)cc3)c2)=CCC1. The lowest BCUT2D eigenvalue weighted by Gasteiger charge is -2.26. The predicted molar refractivity (Wildman–Crippen MR) is 236 cm³/mol. The third-order valence-electron chi connectivity index (χ3n) is 10.9. The molecule has 0 bridgehead atoms. The van der Waals surface area contributed by atoms with Crippen molar-refractivity contribution in [3.63, 3.8) is 0 Å². The topological polar surface area (TPSA) is 16.4 Å². The molecule has 10 rings (SSSR count). The highest BCUT2D eigenvalue weighted by Crippen LogP contribution is 2.40. The molecule has 0 fully saturated rings. The molecule has 1 aliphatic carbocycles. The monoisotopic (exact) mass is 717 g/mol. The van der Waals surface area contributed by atoms with Crippen molar-refractivity contribution in [2.24, 2.45) is 0 Å². The first kappa shape index (κ1) is 33.4. The molecule has 0 N–H and O–H groups in total. The average molecular weight is 718 g/mol. The van der Waals surface area contributed by atoms with Crippen LogP contribution in [-0.4, -0.2) is 0 Å². The largest absolute Gasteiger partial charge is 0.455 e. The lowest BCUT2D eigenvalue weighted by atomic mass is 9.96. The molecule has 2 nitrogen and oxygen atoms in total. The zero-order valence-corrected chi connectivity index (χ0v) is 31.0. The molecule has 0 spiro atoms. The van der Waals surface area contributed by atoms with Crippen LogP contribution in [0, 0.1) is 0 Å². The summed E-state index contributed by atoms with van der Waals surface area (Å²) in [5.74, 6) is 0. The molecule has 0 atom stereocenters. The highest BCUT2D eigenvalue weighted by atomic mass is 16.3. The van der Waals surface area contributed by atoms with Gasteiger partial charge in [-0.2, -0.15) is 0 Å². The van der Waals surface area contributed by atoms with Crippen molar-refractivity contribution in [1.29, 1.82) is 0 Å². The van der Waals surface area contributed by atoms with Crippen molar-refractivity contribution in [2.75, 3.05) is 4.90 Å². The van der Waals surface area contributed by atoms with Crippen LogP contribution in [0.15, 0.2) is 217 Å². The van der Waals surface area contributed by atoms with Gasteiger partial charge >= 0.3 is 0 Å². The molecule has 56 heavy (non-hydrogen) atoms. The third kappa shape index (κ3) is 6.42. The number of fused-ring (bicyclic) bond motifs is 3. The lowest BCUT2D eigenvalue weighted by molar-refractivity contribution is 0.670. The summed E-state index contributed by atoms with van der Waals surface area (Å²) in [6.45, 7) is 0. The molecule has 9 aromatic rings. The summed E-state index contributed by atoms with van der Waals surface area (Å²) in [4.78, 5) is 2.34. The quantitative estimate of drug-likeness (QED) is 0.156. The minimum atomic E-state index is 0.908. The van der Waals surface area contributed by atoms with Gasteiger partial charge in [-0.05, 0) is 118 Å². The number of para-hydroxylation sites is 2. The van der Waals surface area contributed by atoms with Gasteiger partial charge in [-0.1, -0.05) is 158 Å². The normalized spacial score (nSPS) is 12.5. The molecule has 0 saturated carbocycles. The predicted octanol–water partition coefficient (Wildman–Crippen LogP) is 15.5. The number of hydrogen-bond acceptors (Lipinski definition) is 2. The molecule has 0 unspecified atom stereocenters. The Morgan fingerprint density at radius 1 is 0.375 bits per heavy atom. The van der Waals surface area contributed by atoms with Gasteiger partial charge in [-0.15, -0.1) is 0 Å². The van der Waals surface area contributed by atoms with E-state index in [1.807, 2.05) is 12.1 Å². The van der Waals surface area contributed by atoms with Crippen molar-refractivity contribution in [3.05, 3.63) is 218 Å². The van der Waals surface area contributed by atoms with Gasteiger partial charge in [0.1, 0.15) is 11.2 Å². The molecular weight excluding hydrogens is 679 g/mol. The second kappa shape index (κ2) is 14.6. The van der Waals surface area contributed by atoms with Gasteiger partial charge in [0.05, 0.1) is 0 Å². The molecule has 0 amide bonds. The highest BCUT2D eigenvalue weighted by molar-refractivity contribution is 6.09. The van der Waals surface area contributed by atoms with Crippen LogP contribution in [-0.2, 0) is 0 Å². The van der Waals surface area contributed by atoms with Crippen molar-refractivity contribution >= 4 is 44.6 Å². The van der Waals surface area contributed by atoms with Gasteiger partial charge in [0, 0.05) is 33.4 Å². The smallest absolute Gasteiger partial charge is 0.143 e. The number of anilines is 3. The van der Waals surface area contributed by atoms with Crippen molar-refractivity contribution in [2.45, 2.75) is 12.8 Å². The first-order valence-corrected chi connectivity index (χ1v) is 19.4. The summed E-state index contributed by atoms with van der Waals surface area (Å²) in [5, 5.41) is 2.27. The van der Waals surface area contributed by atoms with E-state index >= 15 is 0 Å². The number of nitrogens with zero attached hydrogens (tertiary/aromatic N) is 1. The Balaban J connectivity index is 1.02. The molecule has 1 aliphatic rings. The standard InChI is InChI=1S/C54H39NO/c1-3-12-38(13-4-1)43-16-9-18-45(36-43)40-24-30-47(31-25-40)55(48-32-26-41(27-33-48)46-19-10-17-44(37-46)39-14-5-2-6-15-39)49-34-28-42(29-35-49)50-21-11-22-52-51-20-7-8-23-53(51)56-54(50)52/h1,3-5,7-37H,2,6H2. The Labute approximate surface area is 327 Å². The number of furan rings is 1. The fourth-order valence-corrected chi connectivity index (χ4v) is 8.03. The summed E-state index contributed by atoms with van der Waals surface area (Å²) >= 11 is 0. The lowest BCUT2D eigenvalue weighted by Crippen LogP contribution is -2.09. The Morgan fingerprint density at radius 2 is 0.875 bits per heavy atom. The van der Waals surface area contributed by atoms with E-state index in [0.717, 1.165) is 63.0 Å². The molecule has 266 valence electrons. The zero-order valence-electron chi connectivity index (χ0n) is 31.0. The third-order valence-corrected chi connectivity index (χ3v) is 10.9. The average Bonchev–Trinajstić information content (AvgIpc) is 3.67. The van der Waals surface area contributed by atoms with E-state index in [9.17, 15) is 0 Å². The maximum absolute atomic E-state index is 6.41. The molecule has 1 heterocycles. The highest BCUT2D eigenvalue weighted by Gasteiger charge is 2.16. The summed E-state index contributed by atoms with van der Waals surface area (Å²) in [6, 6.07) is 69.7. The fourth-order valence-electron chi connectivity index (χ4n) is 8.03. The Kier molecular flexibility index (Phi) is 8.70. The minimum Gasteiger partial charge on any atom is -0.455 e. The molecule has 0 aliphatic heterocycles. The van der Waals surface area contributed by atoms with Crippen LogP contribution in [0.25, 0.3) is 72.0 Å². The summed E-state index contributed by atoms with van der Waals surface area (Å²) in [5.41, 5.74) is 17.1. The molecule has 8 aromatic carbocycles. The molecule has 2 heteroatoms. The van der Waals surface area contributed by atoms with Gasteiger partial charge in [-0.25, -0.2) is 0 Å². The van der Waals surface area contributed by atoms with Gasteiger partial charge in [0.2, 0.25) is 0 Å². The Bertz CT molecular complexity index is 2880. The molecular formula is C54H39NO. The Hall–Kier alpha value is -7.16. The van der Waals surface area contributed by atoms with Gasteiger partial charge < -0.3 is 9.32 Å². The van der Waals surface area contributed by atoms with Crippen LogP contribution >= 0.6 is 0 Å². The van der Waals surface area contributed by atoms with E-state index in [-0.39, 0.29) is 0 Å². The van der Waals surface area contributed by atoms with Crippen LogP contribution < -0.4 is 4.90 Å². The molecule has 0 saturated heterocycles. The first-order chi connectivity index (χ1) is 27.7. The van der Waals surface area contributed by atoms with E-state index < -0.39 is 0 Å². The van der Waals surface area contributed by atoms with Crippen LogP contribution in [0.4, 0.5) is 17.1 Å². The molecule has 0 radical (unpaired) electrons. The second-order valence-electron chi connectivity index (χ2n) is 14.4. The van der Waals surface area contributed by atoms with Crippen LogP contribution in [0.1, 0.15) is 18.4 Å². The Morgan fingerprint density at radius 3 is 1.50 bits per heavy atom. The summed E-state index contributed by atoms with van der Waals surface area (Å²) in [6.07, 6.45) is 9.07. The van der Waals surface area contributed by atoms with Crippen LogP contribution in [0.2, 0.25) is 0 Å². The van der Waals surface area contributed by atoms with E-state index in [4.69, 9.17) is 4.42 Å². The van der Waals surface area contributed by atoms with Crippen molar-refractivity contribution in [3.8, 4) is 44.5 Å². The van der Waals surface area contributed by atoms with Crippen molar-refractivity contribution in [1.82, 2.24) is 0 Å². The van der Waals surface area contributed by atoms with Gasteiger partial charge in [0.15, 0.2) is 0 Å². The number of hydrogen-bond donors (Lipinski definition) is 0. The minimum absolute atomic E-state index is 0.908. The van der Waals surface area contributed by atoms with E-state index in [1.165, 1.54) is 44.5 Å². The van der Waals surface area contributed by atoms with E-state index in [0.29, 0.717) is 0 Å². The van der Waals surface area contributed by atoms with E-state index in [1.54, 1.807) is 0 Å². The van der Waals surface area contributed by atoms with Gasteiger partial charge in [0.25, 0.3) is 0 Å². The van der Waals surface area contributed by atoms with E-state index in [2.05, 4.69) is 205 Å². The number of rotatable bonds is 8. The van der Waals surface area contributed by atoms with Crippen LogP contribution in [0.5, 0.6) is 0 Å². The fraction of sp³-hybridized carbons (Fsp3) is 0.0370. The van der Waals surface area contributed by atoms with Gasteiger partial charge in [-0.3, -0.25) is 0 Å². The second-order valence-corrected chi connectivity index (χ2v) is 14.4. The zero-order chi connectivity index (χ0) is 37.3. The first-order valence-electron chi connectivity index (χ1n) is 19.4. The van der Waals surface area contributed by atoms with Crippen LogP contribution in [0.3, 0.4) is 0 Å². The summed E-state index contributed by atoms with van der Waals surface area (Å²) in [7, 11) is 0.